The van der Waals surface area contributed by atoms with Crippen molar-refractivity contribution in [3.8, 4) is 5.75 Å². The van der Waals surface area contributed by atoms with E-state index in [0.29, 0.717) is 6.61 Å². The maximum Gasteiger partial charge on any atom is 0.227 e. The molecule has 0 aliphatic carbocycles. The van der Waals surface area contributed by atoms with Crippen LogP contribution in [0, 0.1) is 5.92 Å². The van der Waals surface area contributed by atoms with Crippen LogP contribution in [0.5, 0.6) is 5.75 Å². The summed E-state index contributed by atoms with van der Waals surface area (Å²) in [5.41, 5.74) is 1.10. The molecule has 5 heteroatoms. The number of hydrogen-bond acceptors (Lipinski definition) is 3. The lowest BCUT2D eigenvalue weighted by Gasteiger charge is -2.26. The summed E-state index contributed by atoms with van der Waals surface area (Å²) in [6, 6.07) is 7.95. The predicted molar refractivity (Wildman–Crippen MR) is 79.0 cm³/mol. The van der Waals surface area contributed by atoms with Crippen LogP contribution in [0.1, 0.15) is 12.5 Å². The highest BCUT2D eigenvalue weighted by atomic mass is 16.5. The number of aromatic nitrogens is 2. The molecule has 1 aromatic carbocycles. The van der Waals surface area contributed by atoms with Gasteiger partial charge in [-0.25, -0.2) is 4.98 Å². The van der Waals surface area contributed by atoms with Crippen molar-refractivity contribution in [3.63, 3.8) is 0 Å². The van der Waals surface area contributed by atoms with Gasteiger partial charge in [0.25, 0.3) is 0 Å². The molecular formula is C16H19N3O2. The normalized spacial score (nSPS) is 18.4. The third-order valence-corrected chi connectivity index (χ3v) is 3.68. The van der Waals surface area contributed by atoms with Crippen molar-refractivity contribution in [2.75, 3.05) is 6.61 Å². The topological polar surface area (TPSA) is 56.2 Å². The Morgan fingerprint density at radius 2 is 2.38 bits per heavy atom. The highest BCUT2D eigenvalue weighted by molar-refractivity contribution is 5.79. The molecule has 2 atom stereocenters. The number of benzene rings is 1. The highest BCUT2D eigenvalue weighted by Gasteiger charge is 2.26. The van der Waals surface area contributed by atoms with Crippen LogP contribution in [0.25, 0.3) is 0 Å². The van der Waals surface area contributed by atoms with Crippen molar-refractivity contribution in [1.29, 1.82) is 0 Å². The molecule has 1 N–H and O–H groups in total. The van der Waals surface area contributed by atoms with Crippen molar-refractivity contribution in [2.45, 2.75) is 25.9 Å². The second kappa shape index (κ2) is 5.99. The minimum Gasteiger partial charge on any atom is -0.492 e. The van der Waals surface area contributed by atoms with Crippen molar-refractivity contribution in [1.82, 2.24) is 14.9 Å². The largest absolute Gasteiger partial charge is 0.492 e. The molecule has 2 heterocycles. The van der Waals surface area contributed by atoms with Crippen LogP contribution < -0.4 is 10.1 Å². The average molecular weight is 285 g/mol. The number of carbonyl (C=O) groups is 1. The van der Waals surface area contributed by atoms with E-state index in [1.807, 2.05) is 42.0 Å². The van der Waals surface area contributed by atoms with Crippen molar-refractivity contribution in [2.24, 2.45) is 5.92 Å². The van der Waals surface area contributed by atoms with Crippen LogP contribution in [0.4, 0.5) is 0 Å². The van der Waals surface area contributed by atoms with E-state index in [1.54, 1.807) is 12.5 Å². The van der Waals surface area contributed by atoms with Gasteiger partial charge in [-0.15, -0.1) is 0 Å². The van der Waals surface area contributed by atoms with Crippen LogP contribution in [0.2, 0.25) is 0 Å². The van der Waals surface area contributed by atoms with Gasteiger partial charge in [-0.05, 0) is 25.0 Å². The number of amides is 1. The number of carbonyl (C=O) groups excluding carboxylic acids is 1. The van der Waals surface area contributed by atoms with Gasteiger partial charge in [0.05, 0.1) is 12.2 Å². The molecule has 3 rings (SSSR count). The van der Waals surface area contributed by atoms with Crippen molar-refractivity contribution in [3.05, 3.63) is 48.5 Å². The van der Waals surface area contributed by atoms with Crippen molar-refractivity contribution < 1.29 is 9.53 Å². The zero-order valence-electron chi connectivity index (χ0n) is 12.0. The molecule has 0 saturated carbocycles. The number of nitrogens with one attached hydrogen (secondary N) is 1. The zero-order valence-corrected chi connectivity index (χ0v) is 12.0. The minimum atomic E-state index is -0.120. The molecule has 0 saturated heterocycles. The molecule has 1 aliphatic rings. The Bertz CT molecular complexity index is 610. The van der Waals surface area contributed by atoms with Crippen LogP contribution in [0.15, 0.2) is 43.0 Å². The average Bonchev–Trinajstić information content (AvgIpc) is 2.99. The second-order valence-corrected chi connectivity index (χ2v) is 5.49. The Hall–Kier alpha value is -2.30. The summed E-state index contributed by atoms with van der Waals surface area (Å²) in [6.45, 7) is 3.16. The first-order chi connectivity index (χ1) is 10.2. The number of para-hydroxylation sites is 1. The molecule has 0 spiro atoms. The minimum absolute atomic E-state index is 0.0529. The van der Waals surface area contributed by atoms with Gasteiger partial charge in [-0.3, -0.25) is 4.79 Å². The fourth-order valence-electron chi connectivity index (χ4n) is 2.61. The number of imidazole rings is 1. The highest BCUT2D eigenvalue weighted by Crippen LogP contribution is 2.26. The molecule has 2 aromatic rings. The zero-order chi connectivity index (χ0) is 14.7. The summed E-state index contributed by atoms with van der Waals surface area (Å²) in [5.74, 6) is 0.829. The first-order valence-electron chi connectivity index (χ1n) is 7.19. The summed E-state index contributed by atoms with van der Waals surface area (Å²) in [5, 5.41) is 3.05. The van der Waals surface area contributed by atoms with Gasteiger partial charge in [0, 0.05) is 25.0 Å². The Balaban J connectivity index is 1.56. The van der Waals surface area contributed by atoms with Crippen LogP contribution in [-0.2, 0) is 17.8 Å². The van der Waals surface area contributed by atoms with Crippen LogP contribution in [-0.4, -0.2) is 28.1 Å². The number of nitrogens with zero attached hydrogens (tertiary/aromatic N) is 2. The lowest BCUT2D eigenvalue weighted by atomic mass is 9.96. The molecule has 0 fully saturated rings. The molecule has 1 aromatic heterocycles. The quantitative estimate of drug-likeness (QED) is 0.929. The Kier molecular flexibility index (Phi) is 3.90. The van der Waals surface area contributed by atoms with E-state index >= 15 is 0 Å². The van der Waals surface area contributed by atoms with Crippen molar-refractivity contribution >= 4 is 5.91 Å². The Morgan fingerprint density at radius 3 is 3.19 bits per heavy atom. The van der Waals surface area contributed by atoms with Gasteiger partial charge in [0.1, 0.15) is 12.4 Å². The van der Waals surface area contributed by atoms with Gasteiger partial charge in [0.15, 0.2) is 0 Å². The summed E-state index contributed by atoms with van der Waals surface area (Å²) in [6.07, 6.45) is 6.12. The molecule has 0 radical (unpaired) electrons. The first kappa shape index (κ1) is 13.7. The lowest BCUT2D eigenvalue weighted by Crippen LogP contribution is -2.42. The van der Waals surface area contributed by atoms with E-state index in [-0.39, 0.29) is 17.9 Å². The van der Waals surface area contributed by atoms with E-state index in [9.17, 15) is 4.79 Å². The summed E-state index contributed by atoms with van der Waals surface area (Å²) in [7, 11) is 0. The maximum atomic E-state index is 12.3. The monoisotopic (exact) mass is 285 g/mol. The number of fused-ring (bicyclic) bond motifs is 1. The third kappa shape index (κ3) is 3.24. The van der Waals surface area contributed by atoms with Gasteiger partial charge >= 0.3 is 0 Å². The van der Waals surface area contributed by atoms with E-state index in [2.05, 4.69) is 10.3 Å². The maximum absolute atomic E-state index is 12.3. The van der Waals surface area contributed by atoms with Gasteiger partial charge in [-0.2, -0.15) is 0 Å². The fraction of sp³-hybridized carbons (Fsp3) is 0.375. The first-order valence-corrected chi connectivity index (χ1v) is 7.19. The number of rotatable bonds is 4. The molecule has 0 unspecified atom stereocenters. The molecular weight excluding hydrogens is 266 g/mol. The van der Waals surface area contributed by atoms with E-state index in [0.717, 1.165) is 24.3 Å². The molecule has 1 amide bonds. The number of ether oxygens (including phenoxy) is 1. The Labute approximate surface area is 124 Å². The smallest absolute Gasteiger partial charge is 0.227 e. The van der Waals surface area contributed by atoms with Gasteiger partial charge in [0.2, 0.25) is 5.91 Å². The van der Waals surface area contributed by atoms with Crippen LogP contribution >= 0.6 is 0 Å². The summed E-state index contributed by atoms with van der Waals surface area (Å²) in [4.78, 5) is 16.3. The Morgan fingerprint density at radius 1 is 1.52 bits per heavy atom. The number of hydrogen-bond donors (Lipinski definition) is 1. The van der Waals surface area contributed by atoms with Crippen LogP contribution in [0.3, 0.4) is 0 Å². The van der Waals surface area contributed by atoms with Gasteiger partial charge < -0.3 is 14.6 Å². The van der Waals surface area contributed by atoms with E-state index < -0.39 is 0 Å². The van der Waals surface area contributed by atoms with E-state index in [1.165, 1.54) is 0 Å². The summed E-state index contributed by atoms with van der Waals surface area (Å²) < 4.78 is 7.62. The van der Waals surface area contributed by atoms with E-state index in [4.69, 9.17) is 4.74 Å². The second-order valence-electron chi connectivity index (χ2n) is 5.49. The molecule has 5 nitrogen and oxygen atoms in total. The molecule has 0 bridgehead atoms. The lowest BCUT2D eigenvalue weighted by molar-refractivity contribution is -0.127. The predicted octanol–water partition coefficient (Wildman–Crippen LogP) is 1.64. The molecule has 110 valence electrons. The van der Waals surface area contributed by atoms with Gasteiger partial charge in [-0.1, -0.05) is 18.2 Å². The third-order valence-electron chi connectivity index (χ3n) is 3.68. The molecule has 21 heavy (non-hydrogen) atoms. The SMILES string of the molecule is C[C@@H](Cn1ccnc1)NC(=O)[C@@H]1COc2ccccc2C1. The standard InChI is InChI=1S/C16H19N3O2/c1-12(9-19-7-6-17-11-19)18-16(20)14-8-13-4-2-3-5-15(13)21-10-14/h2-7,11-12,14H,8-10H2,1H3,(H,18,20)/t12-,14-/m0/s1. The molecule has 1 aliphatic heterocycles. The fourth-order valence-corrected chi connectivity index (χ4v) is 2.61. The summed E-state index contributed by atoms with van der Waals surface area (Å²) >= 11 is 0.